The number of nitriles is 1. The van der Waals surface area contributed by atoms with Gasteiger partial charge >= 0.3 is 0 Å². The van der Waals surface area contributed by atoms with E-state index in [0.29, 0.717) is 21.5 Å². The molecule has 28 heteroatoms. The molecule has 0 amide bonds. The Morgan fingerprint density at radius 3 is 2.23 bits per heavy atom. The van der Waals surface area contributed by atoms with Gasteiger partial charge in [0.25, 0.3) is 30.4 Å². The molecule has 8 aromatic rings. The third-order valence-electron chi connectivity index (χ3n) is 10.0. The molecule has 0 unspecified atom stereocenters. The molecule has 21 nitrogen and oxygen atoms in total. The highest BCUT2D eigenvalue weighted by Crippen LogP contribution is 2.45. The molecule has 358 valence electrons. The van der Waals surface area contributed by atoms with Crippen LogP contribution < -0.4 is 4.74 Å². The molecule has 0 saturated heterocycles. The van der Waals surface area contributed by atoms with Crippen LogP contribution in [0.1, 0.15) is 24.0 Å². The second-order valence-corrected chi connectivity index (χ2v) is 22.0. The molecule has 0 atom stereocenters. The van der Waals surface area contributed by atoms with Gasteiger partial charge in [0, 0.05) is 21.9 Å². The number of para-hydroxylation sites is 2. The number of thiazole rings is 1. The smallest absolute Gasteiger partial charge is 0.296 e. The average molecular weight is 1080 g/mol. The molecule has 0 fully saturated rings. The van der Waals surface area contributed by atoms with E-state index in [0.717, 1.165) is 41.3 Å². The number of aromatic hydroxyl groups is 1. The van der Waals surface area contributed by atoms with Gasteiger partial charge in [-0.05, 0) is 86.4 Å². The number of azo groups is 3. The van der Waals surface area contributed by atoms with Gasteiger partial charge in [0.1, 0.15) is 50.5 Å². The third-order valence-corrected chi connectivity index (χ3v) is 15.3. The van der Waals surface area contributed by atoms with Crippen LogP contribution in [0.4, 0.5) is 33.6 Å². The van der Waals surface area contributed by atoms with E-state index in [1.54, 1.807) is 31.2 Å². The van der Waals surface area contributed by atoms with Crippen LogP contribution in [-0.2, 0) is 30.4 Å². The van der Waals surface area contributed by atoms with Gasteiger partial charge in [-0.15, -0.1) is 42.4 Å². The van der Waals surface area contributed by atoms with Gasteiger partial charge in [-0.3, -0.25) is 18.1 Å². The zero-order valence-corrected chi connectivity index (χ0v) is 41.1. The number of rotatable bonds is 16. The van der Waals surface area contributed by atoms with E-state index >= 15 is 0 Å². The molecule has 70 heavy (non-hydrogen) atoms. The number of hydrogen-bond donors (Lipinski definition) is 4. The molecular formula is C42H30Cl2N10O11S5. The second kappa shape index (κ2) is 19.9. The standard InChI is InChI=1S/C42H30Cl2N10O11S5/c1-3-11-65-34-18-29(48-52-37-21(2)25(20-45)40-46-28-7-4-5-8-33(28)54(40)41(37)55)26(43)16-31(34)50-51-32-17-27(44)30(19-35(32)66-12-6-13-68(56,57)58)49-53-42-47-38-36(70(62,63)64)14-22-9-10-23(69(59,60)61)15-24(22)39(38)67-42/h1,4-5,7-10,14-19,55H,3,6,11-13H2,2H3,(H,56,57,58)(H,59,60,61)(H,62,63,64). The summed E-state index contributed by atoms with van der Waals surface area (Å²) in [5.41, 5.74) is 1.86. The number of ether oxygens (including phenoxy) is 1. The fourth-order valence-electron chi connectivity index (χ4n) is 6.85. The Labute approximate surface area is 415 Å². The van der Waals surface area contributed by atoms with Crippen molar-refractivity contribution < 1.29 is 48.8 Å². The molecule has 0 bridgehead atoms. The minimum atomic E-state index is -4.86. The Bertz CT molecular complexity index is 3950. The summed E-state index contributed by atoms with van der Waals surface area (Å²) in [6, 6.07) is 19.3. The van der Waals surface area contributed by atoms with Gasteiger partial charge < -0.3 is 9.84 Å². The summed E-state index contributed by atoms with van der Waals surface area (Å²) in [5.74, 6) is -0.614. The van der Waals surface area contributed by atoms with Gasteiger partial charge in [-0.1, -0.05) is 52.7 Å². The van der Waals surface area contributed by atoms with Crippen molar-refractivity contribution in [3.63, 3.8) is 0 Å². The van der Waals surface area contributed by atoms with Crippen molar-refractivity contribution in [2.24, 2.45) is 30.7 Å². The van der Waals surface area contributed by atoms with E-state index in [1.807, 2.05) is 0 Å². The van der Waals surface area contributed by atoms with Crippen LogP contribution in [0.2, 0.25) is 10.0 Å². The van der Waals surface area contributed by atoms with Gasteiger partial charge in [0.05, 0.1) is 43.0 Å². The Morgan fingerprint density at radius 2 is 1.53 bits per heavy atom. The lowest BCUT2D eigenvalue weighted by molar-refractivity contribution is 0.325. The van der Waals surface area contributed by atoms with Crippen LogP contribution in [0, 0.1) is 25.2 Å². The summed E-state index contributed by atoms with van der Waals surface area (Å²) in [6.07, 6.45) is 0.110. The normalized spacial score (nSPS) is 12.8. The molecule has 0 aliphatic carbocycles. The van der Waals surface area contributed by atoms with Crippen molar-refractivity contribution in [2.75, 3.05) is 18.1 Å². The number of thioether (sulfide) groups is 1. The van der Waals surface area contributed by atoms with E-state index in [-0.39, 0.29) is 113 Å². The van der Waals surface area contributed by atoms with Gasteiger partial charge in [-0.2, -0.15) is 30.5 Å². The lowest BCUT2D eigenvalue weighted by Gasteiger charge is -2.11. The summed E-state index contributed by atoms with van der Waals surface area (Å²) in [7, 11) is -13.8. The number of benzene rings is 5. The van der Waals surface area contributed by atoms with E-state index in [2.05, 4.69) is 46.7 Å². The molecule has 0 spiro atoms. The zero-order valence-electron chi connectivity index (χ0n) is 35.5. The Balaban J connectivity index is 1.15. The maximum absolute atomic E-state index is 12.4. The molecule has 5 aromatic carbocycles. The van der Waals surface area contributed by atoms with Crippen LogP contribution in [-0.4, -0.2) is 76.5 Å². The summed E-state index contributed by atoms with van der Waals surface area (Å²) in [4.78, 5) is 8.01. The molecule has 2 radical (unpaired) electrons. The fourth-order valence-corrected chi connectivity index (χ4v) is 11.1. The number of halogens is 2. The van der Waals surface area contributed by atoms with Crippen LogP contribution >= 0.6 is 46.3 Å². The van der Waals surface area contributed by atoms with Crippen LogP contribution in [0.5, 0.6) is 11.6 Å². The van der Waals surface area contributed by atoms with E-state index in [4.69, 9.17) is 34.9 Å². The molecular weight excluding hydrogens is 1050 g/mol. The largest absolute Gasteiger partial charge is 0.493 e. The van der Waals surface area contributed by atoms with Gasteiger partial charge in [0.2, 0.25) is 11.0 Å². The van der Waals surface area contributed by atoms with E-state index < -0.39 is 45.9 Å². The average Bonchev–Trinajstić information content (AvgIpc) is 3.91. The number of pyridine rings is 1. The quantitative estimate of drug-likeness (QED) is 0.0302. The highest BCUT2D eigenvalue weighted by Gasteiger charge is 2.24. The zero-order chi connectivity index (χ0) is 50.3. The maximum atomic E-state index is 12.4. The second-order valence-electron chi connectivity index (χ2n) is 14.7. The van der Waals surface area contributed by atoms with Crippen LogP contribution in [0.25, 0.3) is 37.7 Å². The van der Waals surface area contributed by atoms with Gasteiger partial charge in [0.15, 0.2) is 11.3 Å². The Morgan fingerprint density at radius 1 is 0.843 bits per heavy atom. The van der Waals surface area contributed by atoms with Gasteiger partial charge in [-0.25, -0.2) is 9.97 Å². The highest BCUT2D eigenvalue weighted by molar-refractivity contribution is 7.99. The minimum absolute atomic E-state index is 0.0131. The monoisotopic (exact) mass is 1080 g/mol. The highest BCUT2D eigenvalue weighted by atomic mass is 35.5. The summed E-state index contributed by atoms with van der Waals surface area (Å²) in [6.45, 7) is 7.36. The maximum Gasteiger partial charge on any atom is 0.296 e. The first-order valence-corrected chi connectivity index (χ1v) is 26.9. The first kappa shape index (κ1) is 50.1. The molecule has 3 aromatic heterocycles. The molecule has 8 rings (SSSR count). The summed E-state index contributed by atoms with van der Waals surface area (Å²) < 4.78 is 108. The SMILES string of the molecule is [CH]CCOc1cc(N=Nc2c(C)c(C#N)c3nc4ccccc4n3c2O)c(Cl)cc1N=Nc1cc(Cl)c(N=Nc2nc3c(S(=O)(=O)O)cc4ccc(S(=O)(=O)O)cc4c3s2)cc1SCCCS(=O)(=O)O. The Kier molecular flexibility index (Phi) is 14.2. The Hall–Kier alpha value is -6.25. The van der Waals surface area contributed by atoms with E-state index in [1.165, 1.54) is 34.7 Å². The predicted octanol–water partition coefficient (Wildman–Crippen LogP) is 12.0. The number of fused-ring (bicyclic) bond motifs is 6. The summed E-state index contributed by atoms with van der Waals surface area (Å²) in [5, 5.41) is 47.4. The molecule has 0 saturated carbocycles. The molecule has 0 aliphatic heterocycles. The molecule has 0 aliphatic rings. The number of aromatic nitrogens is 3. The molecule has 3 heterocycles. The van der Waals surface area contributed by atoms with Crippen molar-refractivity contribution in [2.45, 2.75) is 34.5 Å². The van der Waals surface area contributed by atoms with Crippen molar-refractivity contribution >= 4 is 148 Å². The minimum Gasteiger partial charge on any atom is -0.493 e. The fraction of sp³-hybridized carbons (Fsp3) is 0.143. The third kappa shape index (κ3) is 10.6. The number of nitrogens with zero attached hydrogens (tertiary/aromatic N) is 10. The van der Waals surface area contributed by atoms with Crippen molar-refractivity contribution in [3.05, 3.63) is 101 Å². The first-order valence-electron chi connectivity index (χ1n) is 19.8. The summed E-state index contributed by atoms with van der Waals surface area (Å²) >= 11 is 15.3. The lowest BCUT2D eigenvalue weighted by Crippen LogP contribution is -2.04. The number of imidazole rings is 1. The molecule has 4 N–H and O–H groups in total. The topological polar surface area (TPSA) is 321 Å². The van der Waals surface area contributed by atoms with Crippen LogP contribution in [0.3, 0.4) is 0 Å². The van der Waals surface area contributed by atoms with Crippen molar-refractivity contribution in [1.82, 2.24) is 14.4 Å². The van der Waals surface area contributed by atoms with E-state index in [9.17, 15) is 49.3 Å². The predicted molar refractivity (Wildman–Crippen MR) is 262 cm³/mol. The number of hydrogen-bond acceptors (Lipinski definition) is 19. The van der Waals surface area contributed by atoms with Crippen molar-refractivity contribution in [1.29, 1.82) is 5.26 Å². The lowest BCUT2D eigenvalue weighted by atomic mass is 10.1. The first-order chi connectivity index (χ1) is 33.1. The van der Waals surface area contributed by atoms with Crippen LogP contribution in [0.15, 0.2) is 118 Å². The van der Waals surface area contributed by atoms with Crippen molar-refractivity contribution in [3.8, 4) is 17.7 Å².